The van der Waals surface area contributed by atoms with Crippen molar-refractivity contribution >= 4 is 28.3 Å². The lowest BCUT2D eigenvalue weighted by molar-refractivity contribution is -0.119. The Bertz CT molecular complexity index is 972. The second-order valence-corrected chi connectivity index (χ2v) is 6.46. The molecule has 7 nitrogen and oxygen atoms in total. The highest BCUT2D eigenvalue weighted by Gasteiger charge is 2.14. The van der Waals surface area contributed by atoms with E-state index in [4.69, 9.17) is 14.2 Å². The van der Waals surface area contributed by atoms with Crippen LogP contribution < -0.4 is 14.8 Å². The molecule has 1 aromatic heterocycles. The minimum Gasteiger partial charge on any atom is -0.493 e. The van der Waals surface area contributed by atoms with Gasteiger partial charge in [-0.2, -0.15) is 0 Å². The van der Waals surface area contributed by atoms with E-state index < -0.39 is 18.5 Å². The number of carbonyl (C=O) groups is 2. The molecule has 0 spiro atoms. The molecule has 1 N–H and O–H groups in total. The summed E-state index contributed by atoms with van der Waals surface area (Å²) >= 11 is 1.30. The monoisotopic (exact) mass is 398 g/mol. The van der Waals surface area contributed by atoms with Crippen molar-refractivity contribution in [1.29, 1.82) is 0 Å². The molecule has 0 aliphatic heterocycles. The molecule has 0 aliphatic carbocycles. The van der Waals surface area contributed by atoms with Crippen LogP contribution in [0.25, 0.3) is 11.3 Å². The molecule has 0 saturated carbocycles. The van der Waals surface area contributed by atoms with Crippen LogP contribution in [0.5, 0.6) is 11.5 Å². The number of ether oxygens (including phenoxy) is 3. The number of esters is 1. The normalized spacial score (nSPS) is 10.2. The van der Waals surface area contributed by atoms with Crippen LogP contribution in [0.1, 0.15) is 10.4 Å². The van der Waals surface area contributed by atoms with Crippen molar-refractivity contribution in [2.45, 2.75) is 0 Å². The Morgan fingerprint density at radius 1 is 1.04 bits per heavy atom. The van der Waals surface area contributed by atoms with E-state index in [1.54, 1.807) is 6.07 Å². The molecular formula is C20H18N2O5S. The van der Waals surface area contributed by atoms with E-state index in [2.05, 4.69) is 10.3 Å². The number of nitrogens with one attached hydrogen (secondary N) is 1. The van der Waals surface area contributed by atoms with Gasteiger partial charge in [0.2, 0.25) is 0 Å². The van der Waals surface area contributed by atoms with Crippen molar-refractivity contribution in [3.8, 4) is 22.8 Å². The highest BCUT2D eigenvalue weighted by molar-refractivity contribution is 7.14. The number of aromatic nitrogens is 1. The third-order valence-corrected chi connectivity index (χ3v) is 4.53. The minimum absolute atomic E-state index is 0.256. The SMILES string of the molecule is COc1ccc(C(=O)OCC(=O)Nc2nc(-c3ccccc3)cs2)cc1OC. The molecule has 28 heavy (non-hydrogen) atoms. The Morgan fingerprint density at radius 3 is 2.50 bits per heavy atom. The zero-order chi connectivity index (χ0) is 19.9. The van der Waals surface area contributed by atoms with Crippen molar-refractivity contribution in [3.05, 3.63) is 59.5 Å². The molecule has 0 unspecified atom stereocenters. The summed E-state index contributed by atoms with van der Waals surface area (Å²) in [6, 6.07) is 14.3. The molecule has 3 rings (SSSR count). The van der Waals surface area contributed by atoms with Crippen LogP contribution in [0.3, 0.4) is 0 Å². The Morgan fingerprint density at radius 2 is 1.79 bits per heavy atom. The van der Waals surface area contributed by atoms with Gasteiger partial charge >= 0.3 is 5.97 Å². The van der Waals surface area contributed by atoms with E-state index >= 15 is 0 Å². The third kappa shape index (κ3) is 4.66. The highest BCUT2D eigenvalue weighted by atomic mass is 32.1. The van der Waals surface area contributed by atoms with Crippen molar-refractivity contribution in [1.82, 2.24) is 4.98 Å². The van der Waals surface area contributed by atoms with Crippen molar-refractivity contribution in [2.75, 3.05) is 26.1 Å². The summed E-state index contributed by atoms with van der Waals surface area (Å²) in [6.07, 6.45) is 0. The fourth-order valence-corrected chi connectivity index (χ4v) is 3.14. The van der Waals surface area contributed by atoms with E-state index in [0.29, 0.717) is 16.6 Å². The fourth-order valence-electron chi connectivity index (χ4n) is 2.41. The number of rotatable bonds is 7. The molecule has 3 aromatic rings. The highest BCUT2D eigenvalue weighted by Crippen LogP contribution is 2.28. The van der Waals surface area contributed by atoms with Gasteiger partial charge in [-0.3, -0.25) is 10.1 Å². The molecule has 1 heterocycles. The number of carbonyl (C=O) groups excluding carboxylic acids is 2. The maximum atomic E-state index is 12.1. The number of benzene rings is 2. The number of hydrogen-bond acceptors (Lipinski definition) is 7. The molecule has 0 fully saturated rings. The van der Waals surface area contributed by atoms with Crippen molar-refractivity contribution < 1.29 is 23.8 Å². The quantitative estimate of drug-likeness (QED) is 0.612. The average Bonchev–Trinajstić information content (AvgIpc) is 3.20. The Hall–Kier alpha value is -3.39. The molecule has 0 bridgehead atoms. The molecule has 1 amide bonds. The van der Waals surface area contributed by atoms with Crippen LogP contribution in [-0.4, -0.2) is 37.7 Å². The largest absolute Gasteiger partial charge is 0.493 e. The predicted octanol–water partition coefficient (Wildman–Crippen LogP) is 3.62. The van der Waals surface area contributed by atoms with Gasteiger partial charge in [-0.25, -0.2) is 9.78 Å². The summed E-state index contributed by atoms with van der Waals surface area (Å²) in [4.78, 5) is 28.6. The van der Waals surface area contributed by atoms with Gasteiger partial charge in [-0.1, -0.05) is 30.3 Å². The summed E-state index contributed by atoms with van der Waals surface area (Å²) in [5.41, 5.74) is 1.98. The van der Waals surface area contributed by atoms with E-state index in [-0.39, 0.29) is 5.56 Å². The summed E-state index contributed by atoms with van der Waals surface area (Å²) in [7, 11) is 2.97. The average molecular weight is 398 g/mol. The van der Waals surface area contributed by atoms with E-state index in [1.807, 2.05) is 35.7 Å². The lowest BCUT2D eigenvalue weighted by Crippen LogP contribution is -2.20. The van der Waals surface area contributed by atoms with Gasteiger partial charge < -0.3 is 14.2 Å². The Labute approximate surface area is 165 Å². The fraction of sp³-hybridized carbons (Fsp3) is 0.150. The lowest BCUT2D eigenvalue weighted by Gasteiger charge is -2.09. The first-order valence-corrected chi connectivity index (χ1v) is 9.18. The van der Waals surface area contributed by atoms with Gasteiger partial charge in [-0.15, -0.1) is 11.3 Å². The Balaban J connectivity index is 1.56. The molecule has 0 radical (unpaired) electrons. The first-order valence-electron chi connectivity index (χ1n) is 8.30. The zero-order valence-electron chi connectivity index (χ0n) is 15.3. The summed E-state index contributed by atoms with van der Waals surface area (Å²) in [5, 5.41) is 4.91. The molecule has 2 aromatic carbocycles. The first kappa shape index (κ1) is 19.4. The molecule has 144 valence electrons. The van der Waals surface area contributed by atoms with Gasteiger partial charge in [0, 0.05) is 10.9 Å². The number of amides is 1. The van der Waals surface area contributed by atoms with E-state index in [9.17, 15) is 9.59 Å². The number of methoxy groups -OCH3 is 2. The molecular weight excluding hydrogens is 380 g/mol. The third-order valence-electron chi connectivity index (χ3n) is 3.77. The van der Waals surface area contributed by atoms with Crippen LogP contribution >= 0.6 is 11.3 Å². The van der Waals surface area contributed by atoms with E-state index in [1.165, 1.54) is 37.7 Å². The second kappa shape index (κ2) is 9.01. The van der Waals surface area contributed by atoms with Crippen LogP contribution in [0.2, 0.25) is 0 Å². The molecule has 0 atom stereocenters. The van der Waals surface area contributed by atoms with Gasteiger partial charge in [0.1, 0.15) is 0 Å². The smallest absolute Gasteiger partial charge is 0.338 e. The van der Waals surface area contributed by atoms with E-state index in [0.717, 1.165) is 11.3 Å². The standard InChI is InChI=1S/C20H18N2O5S/c1-25-16-9-8-14(10-17(16)26-2)19(24)27-11-18(23)22-20-21-15(12-28-20)13-6-4-3-5-7-13/h3-10,12H,11H2,1-2H3,(H,21,22,23). The van der Waals surface area contributed by atoms with Crippen LogP contribution in [-0.2, 0) is 9.53 Å². The molecule has 0 saturated heterocycles. The Kier molecular flexibility index (Phi) is 6.23. The van der Waals surface area contributed by atoms with Crippen LogP contribution in [0.4, 0.5) is 5.13 Å². The molecule has 0 aliphatic rings. The van der Waals surface area contributed by atoms with Gasteiger partial charge in [0.15, 0.2) is 23.2 Å². The number of nitrogens with zero attached hydrogens (tertiary/aromatic N) is 1. The van der Waals surface area contributed by atoms with Crippen molar-refractivity contribution in [3.63, 3.8) is 0 Å². The number of thiazole rings is 1. The topological polar surface area (TPSA) is 86.8 Å². The number of anilines is 1. The lowest BCUT2D eigenvalue weighted by atomic mass is 10.2. The van der Waals surface area contributed by atoms with Gasteiger partial charge in [0.25, 0.3) is 5.91 Å². The van der Waals surface area contributed by atoms with Crippen LogP contribution in [0.15, 0.2) is 53.9 Å². The first-order chi connectivity index (χ1) is 13.6. The number of hydrogen-bond donors (Lipinski definition) is 1. The zero-order valence-corrected chi connectivity index (χ0v) is 16.1. The predicted molar refractivity (Wildman–Crippen MR) is 106 cm³/mol. The maximum Gasteiger partial charge on any atom is 0.338 e. The van der Waals surface area contributed by atoms with Gasteiger partial charge in [-0.05, 0) is 18.2 Å². The second-order valence-electron chi connectivity index (χ2n) is 5.60. The summed E-state index contributed by atoms with van der Waals surface area (Å²) in [6.45, 7) is -0.423. The maximum absolute atomic E-state index is 12.1. The molecule has 8 heteroatoms. The van der Waals surface area contributed by atoms with Gasteiger partial charge in [0.05, 0.1) is 25.5 Å². The van der Waals surface area contributed by atoms with Crippen molar-refractivity contribution in [2.24, 2.45) is 0 Å². The summed E-state index contributed by atoms with van der Waals surface area (Å²) < 4.78 is 15.3. The minimum atomic E-state index is -0.639. The summed E-state index contributed by atoms with van der Waals surface area (Å²) in [5.74, 6) is -0.213. The van der Waals surface area contributed by atoms with Crippen LogP contribution in [0, 0.1) is 0 Å².